The number of nitrogen functional groups attached to an aromatic ring is 1. The van der Waals surface area contributed by atoms with Crippen LogP contribution in [0.4, 0.5) is 5.82 Å². The second-order valence-corrected chi connectivity index (χ2v) is 9.59. The number of hydrogen-bond acceptors (Lipinski definition) is 12. The molecule has 29 heavy (non-hydrogen) atoms. The molecule has 0 aromatic carbocycles. The molecule has 1 fully saturated rings. The van der Waals surface area contributed by atoms with Gasteiger partial charge in [0.05, 0.1) is 18.1 Å². The zero-order chi connectivity index (χ0) is 20.8. The fourth-order valence-electron chi connectivity index (χ4n) is 2.87. The van der Waals surface area contributed by atoms with E-state index in [4.69, 9.17) is 15.6 Å². The van der Waals surface area contributed by atoms with Crippen molar-refractivity contribution < 1.29 is 22.4 Å². The quantitative estimate of drug-likeness (QED) is 0.457. The number of rotatable bonds is 6. The summed E-state index contributed by atoms with van der Waals surface area (Å²) in [5, 5.41) is 22.6. The highest BCUT2D eigenvalue weighted by molar-refractivity contribution is 8.01. The molecule has 3 atom stereocenters. The highest BCUT2D eigenvalue weighted by atomic mass is 32.2. The van der Waals surface area contributed by atoms with Crippen molar-refractivity contribution in [1.29, 1.82) is 0 Å². The number of thiazole rings is 1. The first-order valence-electron chi connectivity index (χ1n) is 8.30. The number of hydrogen-bond donors (Lipinski definition) is 3. The van der Waals surface area contributed by atoms with E-state index in [2.05, 4.69) is 24.2 Å². The van der Waals surface area contributed by atoms with Gasteiger partial charge >= 0.3 is 10.3 Å². The Morgan fingerprint density at radius 3 is 2.97 bits per heavy atom. The molecule has 0 unspecified atom stereocenters. The molecular formula is C14H17N7O5S3. The number of aromatic nitrogens is 5. The van der Waals surface area contributed by atoms with Gasteiger partial charge in [0.25, 0.3) is 0 Å². The van der Waals surface area contributed by atoms with Crippen LogP contribution in [0.2, 0.25) is 0 Å². The Morgan fingerprint density at radius 1 is 1.48 bits per heavy atom. The molecule has 0 spiro atoms. The summed E-state index contributed by atoms with van der Waals surface area (Å²) < 4.78 is 34.6. The normalized spacial score (nSPS) is 22.5. The lowest BCUT2D eigenvalue weighted by Gasteiger charge is -2.14. The van der Waals surface area contributed by atoms with Gasteiger partial charge in [-0.3, -0.25) is 4.18 Å². The summed E-state index contributed by atoms with van der Waals surface area (Å²) in [6.45, 7) is 1.49. The average Bonchev–Trinajstić information content (AvgIpc) is 3.31. The molecule has 0 aliphatic carbocycles. The van der Waals surface area contributed by atoms with E-state index in [1.54, 1.807) is 0 Å². The predicted molar refractivity (Wildman–Crippen MR) is 104 cm³/mol. The van der Waals surface area contributed by atoms with Crippen LogP contribution >= 0.6 is 23.1 Å². The minimum Gasteiger partial charge on any atom is -0.390 e. The lowest BCUT2D eigenvalue weighted by Crippen LogP contribution is -2.30. The van der Waals surface area contributed by atoms with E-state index in [1.807, 2.05) is 12.3 Å². The van der Waals surface area contributed by atoms with Crippen LogP contribution in [0.3, 0.4) is 0 Å². The SMILES string of the molecule is Cc1csc(Sc2nn([C@H]3C[C@H](O)[C@@H](COS(N)(=O)=O)O3)c3ncnc(N)c23)n1. The van der Waals surface area contributed by atoms with Crippen molar-refractivity contribution in [3.8, 4) is 0 Å². The molecule has 5 N–H and O–H groups in total. The maximum atomic E-state index is 11.0. The topological polar surface area (TPSA) is 181 Å². The van der Waals surface area contributed by atoms with Gasteiger partial charge in [-0.25, -0.2) is 24.8 Å². The largest absolute Gasteiger partial charge is 0.390 e. The van der Waals surface area contributed by atoms with Crippen molar-refractivity contribution in [2.75, 3.05) is 12.3 Å². The third-order valence-electron chi connectivity index (χ3n) is 4.14. The van der Waals surface area contributed by atoms with E-state index in [9.17, 15) is 13.5 Å². The summed E-state index contributed by atoms with van der Waals surface area (Å²) in [5.74, 6) is 0.254. The summed E-state index contributed by atoms with van der Waals surface area (Å²) in [4.78, 5) is 12.7. The molecule has 3 aromatic rings. The van der Waals surface area contributed by atoms with E-state index < -0.39 is 35.3 Å². The number of ether oxygens (including phenoxy) is 1. The first-order chi connectivity index (χ1) is 13.7. The van der Waals surface area contributed by atoms with Crippen LogP contribution in [-0.4, -0.2) is 57.1 Å². The minimum atomic E-state index is -4.15. The number of nitrogens with zero attached hydrogens (tertiary/aromatic N) is 5. The summed E-state index contributed by atoms with van der Waals surface area (Å²) in [6.07, 6.45) is -1.11. The Labute approximate surface area is 173 Å². The number of nitrogens with two attached hydrogens (primary N) is 2. The molecule has 4 heterocycles. The summed E-state index contributed by atoms with van der Waals surface area (Å²) in [5.41, 5.74) is 7.38. The monoisotopic (exact) mass is 459 g/mol. The first kappa shape index (κ1) is 20.4. The van der Waals surface area contributed by atoms with Crippen molar-refractivity contribution >= 4 is 50.3 Å². The van der Waals surface area contributed by atoms with Crippen LogP contribution in [0.1, 0.15) is 18.3 Å². The minimum absolute atomic E-state index is 0.153. The molecule has 15 heteroatoms. The Hall–Kier alpha value is -1.88. The molecule has 0 bridgehead atoms. The maximum Gasteiger partial charge on any atom is 0.333 e. The van der Waals surface area contributed by atoms with Crippen molar-refractivity contribution in [1.82, 2.24) is 24.7 Å². The predicted octanol–water partition coefficient (Wildman–Crippen LogP) is 0.193. The summed E-state index contributed by atoms with van der Waals surface area (Å²) in [6, 6.07) is 0. The lowest BCUT2D eigenvalue weighted by molar-refractivity contribution is -0.0415. The van der Waals surface area contributed by atoms with Gasteiger partial charge in [0.2, 0.25) is 0 Å². The Kier molecular flexibility index (Phi) is 5.45. The fourth-order valence-corrected chi connectivity index (χ4v) is 5.07. The third-order valence-corrected chi connectivity index (χ3v) is 6.64. The smallest absolute Gasteiger partial charge is 0.333 e. The Morgan fingerprint density at radius 2 is 2.28 bits per heavy atom. The van der Waals surface area contributed by atoms with E-state index in [-0.39, 0.29) is 12.2 Å². The molecule has 156 valence electrons. The van der Waals surface area contributed by atoms with Crippen LogP contribution in [0, 0.1) is 6.92 Å². The standard InChI is InChI=1S/C14H17N7O5S3/c1-6-4-27-14(19-6)28-13-10-11(15)17-5-18-12(10)21(20-13)9-2-7(22)8(26-9)3-25-29(16,23)24/h4-5,7-9,22H,2-3H2,1H3,(H2,15,17,18)(H2,16,23,24)/t7-,8+,9+/m0/s1. The Bertz CT molecular complexity index is 1150. The molecule has 12 nitrogen and oxygen atoms in total. The van der Waals surface area contributed by atoms with E-state index in [0.29, 0.717) is 16.1 Å². The van der Waals surface area contributed by atoms with E-state index in [1.165, 1.54) is 34.1 Å². The van der Waals surface area contributed by atoms with Gasteiger partial charge in [-0.1, -0.05) is 0 Å². The second-order valence-electron chi connectivity index (χ2n) is 6.27. The van der Waals surface area contributed by atoms with Gasteiger partial charge < -0.3 is 15.6 Å². The molecule has 1 aliphatic heterocycles. The summed E-state index contributed by atoms with van der Waals surface area (Å²) >= 11 is 2.80. The van der Waals surface area contributed by atoms with Gasteiger partial charge in [-0.15, -0.1) is 11.3 Å². The zero-order valence-corrected chi connectivity index (χ0v) is 17.4. The van der Waals surface area contributed by atoms with E-state index in [0.717, 1.165) is 10.0 Å². The number of aryl methyl sites for hydroxylation is 1. The molecular weight excluding hydrogens is 442 g/mol. The number of aliphatic hydroxyl groups is 1. The van der Waals surface area contributed by atoms with Gasteiger partial charge in [-0.05, 0) is 18.7 Å². The van der Waals surface area contributed by atoms with Crippen molar-refractivity contribution in [2.24, 2.45) is 5.14 Å². The van der Waals surface area contributed by atoms with Gasteiger partial charge in [0.15, 0.2) is 16.2 Å². The van der Waals surface area contributed by atoms with Crippen LogP contribution in [-0.2, 0) is 19.2 Å². The van der Waals surface area contributed by atoms with Gasteiger partial charge in [0.1, 0.15) is 23.3 Å². The Balaban J connectivity index is 1.65. The lowest BCUT2D eigenvalue weighted by atomic mass is 10.2. The molecule has 4 rings (SSSR count). The van der Waals surface area contributed by atoms with Crippen molar-refractivity contribution in [3.63, 3.8) is 0 Å². The van der Waals surface area contributed by atoms with Gasteiger partial charge in [-0.2, -0.15) is 13.5 Å². The van der Waals surface area contributed by atoms with Gasteiger partial charge in [0, 0.05) is 17.5 Å². The molecule has 0 amide bonds. The fraction of sp³-hybridized carbons (Fsp3) is 0.429. The first-order valence-corrected chi connectivity index (χ1v) is 11.5. The highest BCUT2D eigenvalue weighted by Gasteiger charge is 2.38. The molecule has 0 saturated carbocycles. The molecule has 1 aliphatic rings. The number of fused-ring (bicyclic) bond motifs is 1. The second kappa shape index (κ2) is 7.75. The van der Waals surface area contributed by atoms with E-state index >= 15 is 0 Å². The zero-order valence-electron chi connectivity index (χ0n) is 15.0. The van der Waals surface area contributed by atoms with Crippen molar-refractivity contribution in [2.45, 2.75) is 41.1 Å². The molecule has 0 radical (unpaired) electrons. The van der Waals surface area contributed by atoms with Crippen LogP contribution in [0.5, 0.6) is 0 Å². The molecule has 1 saturated heterocycles. The number of anilines is 1. The highest BCUT2D eigenvalue weighted by Crippen LogP contribution is 2.38. The third kappa shape index (κ3) is 4.35. The van der Waals surface area contributed by atoms with Crippen LogP contribution < -0.4 is 10.9 Å². The number of aliphatic hydroxyl groups excluding tert-OH is 1. The van der Waals surface area contributed by atoms with Crippen LogP contribution in [0.25, 0.3) is 11.0 Å². The average molecular weight is 460 g/mol. The van der Waals surface area contributed by atoms with Crippen LogP contribution in [0.15, 0.2) is 21.1 Å². The maximum absolute atomic E-state index is 11.0. The van der Waals surface area contributed by atoms with Crippen molar-refractivity contribution in [3.05, 3.63) is 17.4 Å². The summed E-state index contributed by atoms with van der Waals surface area (Å²) in [7, 11) is -4.15. The molecule has 3 aromatic heterocycles.